The number of thiophene rings is 1. The van der Waals surface area contributed by atoms with Crippen molar-refractivity contribution >= 4 is 47.0 Å². The summed E-state index contributed by atoms with van der Waals surface area (Å²) in [5.41, 5.74) is 2.99. The number of rotatable bonds is 6. The average molecular weight is 442 g/mol. The summed E-state index contributed by atoms with van der Waals surface area (Å²) < 4.78 is 0. The van der Waals surface area contributed by atoms with Gasteiger partial charge in [-0.2, -0.15) is 5.10 Å². The van der Waals surface area contributed by atoms with Crippen molar-refractivity contribution in [3.63, 3.8) is 0 Å². The van der Waals surface area contributed by atoms with E-state index in [1.807, 2.05) is 11.4 Å². The lowest BCUT2D eigenvalue weighted by molar-refractivity contribution is -0.117. The van der Waals surface area contributed by atoms with Crippen LogP contribution in [0.25, 0.3) is 6.08 Å². The van der Waals surface area contributed by atoms with E-state index < -0.39 is 11.8 Å². The summed E-state index contributed by atoms with van der Waals surface area (Å²) in [6.45, 7) is 0. The molecular weight excluding hydrogens is 426 g/mol. The van der Waals surface area contributed by atoms with Crippen LogP contribution in [0.4, 0.5) is 0 Å². The van der Waals surface area contributed by atoms with Gasteiger partial charge in [0.2, 0.25) is 0 Å². The van der Waals surface area contributed by atoms with E-state index >= 15 is 0 Å². The van der Waals surface area contributed by atoms with Gasteiger partial charge in [-0.05, 0) is 53.4 Å². The Labute approximate surface area is 181 Å². The maximum absolute atomic E-state index is 12.6. The van der Waals surface area contributed by atoms with Crippen LogP contribution in [0.3, 0.4) is 0 Å². The van der Waals surface area contributed by atoms with Gasteiger partial charge in [0.1, 0.15) is 5.70 Å². The number of hydrogen-bond acceptors (Lipinski definition) is 6. The summed E-state index contributed by atoms with van der Waals surface area (Å²) in [5, 5.41) is 27.3. The highest BCUT2D eigenvalue weighted by molar-refractivity contribution is 7.10. The lowest BCUT2D eigenvalue weighted by Gasteiger charge is -2.09. The third-order valence-electron chi connectivity index (χ3n) is 3.82. The number of aromatic hydroxyl groups is 2. The summed E-state index contributed by atoms with van der Waals surface area (Å²) in [5.74, 6) is -1.76. The minimum absolute atomic E-state index is 0.0203. The molecular formula is C21H16ClN3O4S. The summed E-state index contributed by atoms with van der Waals surface area (Å²) in [4.78, 5) is 25.9. The summed E-state index contributed by atoms with van der Waals surface area (Å²) in [7, 11) is 0. The van der Waals surface area contributed by atoms with Crippen LogP contribution in [0.5, 0.6) is 11.5 Å². The number of carbonyl (C=O) groups is 2. The van der Waals surface area contributed by atoms with Crippen LogP contribution < -0.4 is 10.7 Å². The zero-order valence-corrected chi connectivity index (χ0v) is 16.9. The van der Waals surface area contributed by atoms with E-state index in [1.165, 1.54) is 41.8 Å². The first-order valence-electron chi connectivity index (χ1n) is 8.60. The molecule has 0 atom stereocenters. The van der Waals surface area contributed by atoms with Crippen molar-refractivity contribution in [2.45, 2.75) is 0 Å². The number of benzene rings is 2. The van der Waals surface area contributed by atoms with E-state index in [1.54, 1.807) is 30.3 Å². The Hall–Kier alpha value is -3.62. The number of phenols is 2. The zero-order chi connectivity index (χ0) is 21.5. The molecule has 0 unspecified atom stereocenters. The van der Waals surface area contributed by atoms with Crippen LogP contribution in [0, 0.1) is 0 Å². The predicted molar refractivity (Wildman–Crippen MR) is 117 cm³/mol. The summed E-state index contributed by atoms with van der Waals surface area (Å²) in [6, 6.07) is 14.2. The van der Waals surface area contributed by atoms with Crippen molar-refractivity contribution in [3.05, 3.63) is 86.7 Å². The van der Waals surface area contributed by atoms with Crippen LogP contribution in [-0.4, -0.2) is 28.2 Å². The van der Waals surface area contributed by atoms with Gasteiger partial charge >= 0.3 is 0 Å². The fraction of sp³-hybridized carbons (Fsp3) is 0. The highest BCUT2D eigenvalue weighted by Crippen LogP contribution is 2.24. The van der Waals surface area contributed by atoms with Gasteiger partial charge < -0.3 is 15.5 Å². The van der Waals surface area contributed by atoms with Crippen LogP contribution in [0.2, 0.25) is 5.02 Å². The Kier molecular flexibility index (Phi) is 6.84. The molecule has 3 rings (SSSR count). The molecule has 0 fully saturated rings. The van der Waals surface area contributed by atoms with Crippen molar-refractivity contribution in [2.75, 3.05) is 0 Å². The third-order valence-corrected chi connectivity index (χ3v) is 4.97. The molecule has 3 aromatic rings. The van der Waals surface area contributed by atoms with E-state index in [9.17, 15) is 19.8 Å². The van der Waals surface area contributed by atoms with Crippen molar-refractivity contribution in [2.24, 2.45) is 5.10 Å². The standard InChI is InChI=1S/C21H16ClN3O4S/c22-16-6-2-1-5-15(16)20(28)24-17(11-14-4-3-9-30-14)21(29)25-23-12-13-7-8-18(26)19(27)10-13/h1-12,26-27H,(H,24,28)(H,25,29). The van der Waals surface area contributed by atoms with Crippen LogP contribution in [0.15, 0.2) is 70.8 Å². The van der Waals surface area contributed by atoms with Gasteiger partial charge in [-0.25, -0.2) is 5.43 Å². The normalized spacial score (nSPS) is 11.4. The highest BCUT2D eigenvalue weighted by Gasteiger charge is 2.16. The molecule has 0 saturated carbocycles. The Balaban J connectivity index is 1.77. The van der Waals surface area contributed by atoms with Gasteiger partial charge in [-0.3, -0.25) is 9.59 Å². The Morgan fingerprint density at radius 1 is 1.03 bits per heavy atom. The number of amides is 2. The number of hydrazone groups is 1. The molecule has 30 heavy (non-hydrogen) atoms. The molecule has 0 bridgehead atoms. The van der Waals surface area contributed by atoms with Gasteiger partial charge in [-0.15, -0.1) is 11.3 Å². The quantitative estimate of drug-likeness (QED) is 0.202. The van der Waals surface area contributed by atoms with E-state index in [0.717, 1.165) is 4.88 Å². The average Bonchev–Trinajstić information content (AvgIpc) is 3.23. The molecule has 4 N–H and O–H groups in total. The number of hydrogen-bond donors (Lipinski definition) is 4. The first kappa shape index (κ1) is 21.1. The highest BCUT2D eigenvalue weighted by atomic mass is 35.5. The van der Waals surface area contributed by atoms with Crippen LogP contribution in [-0.2, 0) is 4.79 Å². The van der Waals surface area contributed by atoms with Crippen molar-refractivity contribution in [1.29, 1.82) is 0 Å². The molecule has 0 aliphatic rings. The lowest BCUT2D eigenvalue weighted by Crippen LogP contribution is -2.32. The van der Waals surface area contributed by atoms with E-state index in [-0.39, 0.29) is 27.8 Å². The predicted octanol–water partition coefficient (Wildman–Crippen LogP) is 3.73. The third kappa shape index (κ3) is 5.47. The first-order valence-corrected chi connectivity index (χ1v) is 9.86. The van der Waals surface area contributed by atoms with Gasteiger partial charge in [0.15, 0.2) is 11.5 Å². The molecule has 2 amide bonds. The van der Waals surface area contributed by atoms with Gasteiger partial charge in [-0.1, -0.05) is 29.8 Å². The minimum atomic E-state index is -0.650. The van der Waals surface area contributed by atoms with Crippen LogP contribution in [0.1, 0.15) is 20.8 Å². The maximum atomic E-state index is 12.6. The van der Waals surface area contributed by atoms with Crippen molar-refractivity contribution < 1.29 is 19.8 Å². The van der Waals surface area contributed by atoms with Gasteiger partial charge in [0, 0.05) is 4.88 Å². The Bertz CT molecular complexity index is 1130. The molecule has 0 radical (unpaired) electrons. The number of nitrogens with zero attached hydrogens (tertiary/aromatic N) is 1. The number of halogens is 1. The monoisotopic (exact) mass is 441 g/mol. The lowest BCUT2D eigenvalue weighted by atomic mass is 10.2. The molecule has 1 heterocycles. The molecule has 1 aromatic heterocycles. The summed E-state index contributed by atoms with van der Waals surface area (Å²) >= 11 is 7.45. The van der Waals surface area contributed by atoms with Crippen molar-refractivity contribution in [3.8, 4) is 11.5 Å². The molecule has 2 aromatic carbocycles. The second-order valence-corrected chi connectivity index (χ2v) is 7.34. The fourth-order valence-corrected chi connectivity index (χ4v) is 3.23. The fourth-order valence-electron chi connectivity index (χ4n) is 2.36. The molecule has 152 valence electrons. The second kappa shape index (κ2) is 9.73. The maximum Gasteiger partial charge on any atom is 0.287 e. The Morgan fingerprint density at radius 2 is 1.83 bits per heavy atom. The zero-order valence-electron chi connectivity index (χ0n) is 15.4. The van der Waals surface area contributed by atoms with Crippen molar-refractivity contribution in [1.82, 2.24) is 10.7 Å². The first-order chi connectivity index (χ1) is 14.4. The van der Waals surface area contributed by atoms with E-state index in [2.05, 4.69) is 15.8 Å². The Morgan fingerprint density at radius 3 is 2.53 bits per heavy atom. The second-order valence-electron chi connectivity index (χ2n) is 5.95. The molecule has 7 nitrogen and oxygen atoms in total. The van der Waals surface area contributed by atoms with Gasteiger partial charge in [0.25, 0.3) is 11.8 Å². The van der Waals surface area contributed by atoms with Crippen LogP contribution >= 0.6 is 22.9 Å². The molecule has 0 aliphatic carbocycles. The summed E-state index contributed by atoms with van der Waals surface area (Å²) in [6.07, 6.45) is 2.81. The van der Waals surface area contributed by atoms with Gasteiger partial charge in [0.05, 0.1) is 16.8 Å². The number of phenolic OH excluding ortho intramolecular Hbond substituents is 2. The largest absolute Gasteiger partial charge is 0.504 e. The smallest absolute Gasteiger partial charge is 0.287 e. The van der Waals surface area contributed by atoms with E-state index in [0.29, 0.717) is 5.56 Å². The number of carbonyl (C=O) groups excluding carboxylic acids is 2. The van der Waals surface area contributed by atoms with E-state index in [4.69, 9.17) is 11.6 Å². The molecule has 9 heteroatoms. The minimum Gasteiger partial charge on any atom is -0.504 e. The molecule has 0 saturated heterocycles. The SMILES string of the molecule is O=C(NN=Cc1ccc(O)c(O)c1)C(=Cc1cccs1)NC(=O)c1ccccc1Cl. The molecule has 0 aliphatic heterocycles. The topological polar surface area (TPSA) is 111 Å². The molecule has 0 spiro atoms. The number of nitrogens with one attached hydrogen (secondary N) is 2.